The van der Waals surface area contributed by atoms with Gasteiger partial charge in [0.25, 0.3) is 10.1 Å². The number of fused-ring (bicyclic) bond motifs is 1. The van der Waals surface area contributed by atoms with E-state index in [1.54, 1.807) is 18.2 Å². The standard InChI is InChI=1S/C25H21N3O10S3.K.Na/c29-23(12-13-39(31,32)19-4-2-1-3-5-19)26-18-8-11-21-16(14-18)15-22(41(36,37)38)24(25(21)30)28-27-17-6-9-20(10-7-17)40(33,34)35;;/h1-11,14-15,30H,12-13H2,(H,26,29)(H,33,34,35)(H,36,37,38);;/q;2*+1/p-2. The second-order valence-corrected chi connectivity index (χ2v) is 13.4. The van der Waals surface area contributed by atoms with Crippen LogP contribution in [-0.4, -0.2) is 46.0 Å². The molecule has 0 unspecified atom stereocenters. The number of nitrogens with one attached hydrogen (secondary N) is 1. The Hall–Kier alpha value is -1.58. The van der Waals surface area contributed by atoms with Crippen LogP contribution in [0.2, 0.25) is 0 Å². The van der Waals surface area contributed by atoms with E-state index in [1.807, 2.05) is 0 Å². The molecule has 0 aliphatic rings. The average molecular weight is 680 g/mol. The largest absolute Gasteiger partial charge is 1.00 e. The summed E-state index contributed by atoms with van der Waals surface area (Å²) in [6.07, 6.45) is -0.376. The van der Waals surface area contributed by atoms with Crippen molar-refractivity contribution in [2.75, 3.05) is 11.1 Å². The fourth-order valence-corrected chi connectivity index (χ4v) is 6.08. The molecule has 0 saturated carbocycles. The Labute approximate surface area is 311 Å². The number of amides is 1. The molecule has 0 fully saturated rings. The predicted octanol–water partition coefficient (Wildman–Crippen LogP) is -2.71. The van der Waals surface area contributed by atoms with Crippen molar-refractivity contribution in [2.45, 2.75) is 21.1 Å². The van der Waals surface area contributed by atoms with E-state index in [-0.39, 0.29) is 114 Å². The van der Waals surface area contributed by atoms with Crippen LogP contribution in [0.15, 0.2) is 104 Å². The molecular weight excluding hydrogens is 661 g/mol. The molecule has 4 aromatic carbocycles. The third-order valence-corrected chi connectivity index (χ3v) is 9.13. The minimum Gasteiger partial charge on any atom is -0.871 e. The van der Waals surface area contributed by atoms with Gasteiger partial charge in [-0.25, -0.2) is 16.8 Å². The number of hydrogen-bond donors (Lipinski definition) is 2. The number of sulfone groups is 1. The van der Waals surface area contributed by atoms with Crippen LogP contribution in [0, 0.1) is 0 Å². The van der Waals surface area contributed by atoms with Crippen LogP contribution >= 0.6 is 0 Å². The summed E-state index contributed by atoms with van der Waals surface area (Å²) in [6.45, 7) is 0. The molecule has 2 N–H and O–H groups in total. The molecule has 0 bridgehead atoms. The van der Waals surface area contributed by atoms with Crippen molar-refractivity contribution >= 4 is 63.8 Å². The maximum absolute atomic E-state index is 13.1. The second kappa shape index (κ2) is 15.1. The summed E-state index contributed by atoms with van der Waals surface area (Å²) in [5.74, 6) is -2.04. The van der Waals surface area contributed by atoms with Crippen LogP contribution in [0.25, 0.3) is 10.8 Å². The molecule has 43 heavy (non-hydrogen) atoms. The van der Waals surface area contributed by atoms with Crippen LogP contribution < -0.4 is 91.4 Å². The molecule has 0 atom stereocenters. The van der Waals surface area contributed by atoms with Crippen molar-refractivity contribution in [1.82, 2.24) is 0 Å². The Bertz CT molecular complexity index is 2010. The van der Waals surface area contributed by atoms with E-state index in [2.05, 4.69) is 15.5 Å². The molecule has 0 aromatic heterocycles. The van der Waals surface area contributed by atoms with Gasteiger partial charge in [-0.3, -0.25) is 9.35 Å². The van der Waals surface area contributed by atoms with E-state index >= 15 is 0 Å². The van der Waals surface area contributed by atoms with Gasteiger partial charge in [0.2, 0.25) is 5.91 Å². The normalized spacial score (nSPS) is 12.0. The van der Waals surface area contributed by atoms with Gasteiger partial charge in [0, 0.05) is 12.1 Å². The zero-order valence-corrected chi connectivity index (χ0v) is 30.2. The van der Waals surface area contributed by atoms with E-state index in [4.69, 9.17) is 0 Å². The van der Waals surface area contributed by atoms with E-state index in [0.29, 0.717) is 0 Å². The van der Waals surface area contributed by atoms with Crippen molar-refractivity contribution in [2.24, 2.45) is 10.2 Å². The second-order valence-electron chi connectivity index (χ2n) is 8.54. The fourth-order valence-electron chi connectivity index (χ4n) is 3.69. The summed E-state index contributed by atoms with van der Waals surface area (Å²) < 4.78 is 91.9. The Morgan fingerprint density at radius 2 is 1.47 bits per heavy atom. The number of carbonyl (C=O) groups excluding carboxylic acids is 1. The van der Waals surface area contributed by atoms with E-state index in [9.17, 15) is 44.3 Å². The number of anilines is 1. The number of nitrogens with zero attached hydrogens (tertiary/aromatic N) is 2. The Morgan fingerprint density at radius 1 is 0.837 bits per heavy atom. The summed E-state index contributed by atoms with van der Waals surface area (Å²) in [7, 11) is -13.4. The first-order valence-corrected chi connectivity index (χ1v) is 16.0. The quantitative estimate of drug-likeness (QED) is 0.106. The van der Waals surface area contributed by atoms with Gasteiger partial charge in [-0.05, 0) is 65.4 Å². The van der Waals surface area contributed by atoms with Gasteiger partial charge in [0.15, 0.2) is 9.84 Å². The van der Waals surface area contributed by atoms with Gasteiger partial charge in [-0.2, -0.15) is 13.5 Å². The zero-order valence-electron chi connectivity index (χ0n) is 22.7. The molecule has 18 heteroatoms. The first-order chi connectivity index (χ1) is 19.1. The molecule has 4 rings (SSSR count). The van der Waals surface area contributed by atoms with Crippen molar-refractivity contribution in [3.8, 4) is 5.75 Å². The average Bonchev–Trinajstić information content (AvgIpc) is 2.91. The summed E-state index contributed by atoms with van der Waals surface area (Å²) in [5, 5.41) is 22.9. The third kappa shape index (κ3) is 9.70. The molecule has 0 aliphatic heterocycles. The van der Waals surface area contributed by atoms with Crippen molar-refractivity contribution in [3.05, 3.63) is 78.9 Å². The van der Waals surface area contributed by atoms with Gasteiger partial charge < -0.3 is 15.0 Å². The van der Waals surface area contributed by atoms with Crippen molar-refractivity contribution < 1.29 is 125 Å². The smallest absolute Gasteiger partial charge is 0.871 e. The van der Waals surface area contributed by atoms with E-state index in [0.717, 1.165) is 30.3 Å². The molecule has 0 heterocycles. The number of benzene rings is 4. The van der Waals surface area contributed by atoms with Crippen LogP contribution in [-0.2, 0) is 34.9 Å². The van der Waals surface area contributed by atoms with Gasteiger partial charge in [-0.15, -0.1) is 5.11 Å². The molecule has 13 nitrogen and oxygen atoms in total. The minimum atomic E-state index is -4.99. The Morgan fingerprint density at radius 3 is 2.05 bits per heavy atom. The summed E-state index contributed by atoms with van der Waals surface area (Å²) in [6, 6.07) is 16.5. The first kappa shape index (κ1) is 37.6. The maximum atomic E-state index is 13.1. The van der Waals surface area contributed by atoms with Crippen LogP contribution in [0.5, 0.6) is 5.75 Å². The van der Waals surface area contributed by atoms with E-state index in [1.165, 1.54) is 30.3 Å². The van der Waals surface area contributed by atoms with Crippen LogP contribution in [0.4, 0.5) is 17.1 Å². The SMILES string of the molecule is O=C(CCS(=O)(=O)c1ccccc1)Nc1ccc2c([O-])c(N=Nc3ccc(S(=O)(=O)[O-])cc3)c(S(=O)(=O)O)cc2c1.[K+].[Na+]. The molecule has 214 valence electrons. The van der Waals surface area contributed by atoms with Crippen molar-refractivity contribution in [3.63, 3.8) is 0 Å². The molecular formula is C25H19KN3NaO10S3. The van der Waals surface area contributed by atoms with Crippen molar-refractivity contribution in [1.29, 1.82) is 0 Å². The third-order valence-electron chi connectivity index (χ3n) is 5.68. The zero-order chi connectivity index (χ0) is 30.0. The topological polar surface area (TPSA) is 223 Å². The number of rotatable bonds is 9. The van der Waals surface area contributed by atoms with Crippen LogP contribution in [0.1, 0.15) is 6.42 Å². The predicted molar refractivity (Wildman–Crippen MR) is 144 cm³/mol. The molecule has 0 spiro atoms. The molecule has 1 amide bonds. The van der Waals surface area contributed by atoms with Gasteiger partial charge >= 0.3 is 80.9 Å². The summed E-state index contributed by atoms with van der Waals surface area (Å²) in [5.41, 5.74) is -0.628. The summed E-state index contributed by atoms with van der Waals surface area (Å²) >= 11 is 0. The Kier molecular flexibility index (Phi) is 13.2. The van der Waals surface area contributed by atoms with Crippen LogP contribution in [0.3, 0.4) is 0 Å². The number of hydrogen-bond acceptors (Lipinski definition) is 11. The minimum absolute atomic E-state index is 0. The Balaban J connectivity index is 0.00000323. The molecule has 0 saturated heterocycles. The molecule has 0 radical (unpaired) electrons. The van der Waals surface area contributed by atoms with Gasteiger partial charge in [0.1, 0.15) is 15.0 Å². The first-order valence-electron chi connectivity index (χ1n) is 11.5. The van der Waals surface area contributed by atoms with Gasteiger partial charge in [-0.1, -0.05) is 30.0 Å². The molecule has 0 aliphatic carbocycles. The van der Waals surface area contributed by atoms with Gasteiger partial charge in [0.05, 0.1) is 26.9 Å². The summed E-state index contributed by atoms with van der Waals surface area (Å²) in [4.78, 5) is 11.1. The molecule has 4 aromatic rings. The number of azo groups is 1. The maximum Gasteiger partial charge on any atom is 1.00 e. The monoisotopic (exact) mass is 679 g/mol. The fraction of sp³-hybridized carbons (Fsp3) is 0.0800. The number of carbonyl (C=O) groups is 1. The van der Waals surface area contributed by atoms with E-state index < -0.39 is 63.0 Å².